The third-order valence-electron chi connectivity index (χ3n) is 4.83. The van der Waals surface area contributed by atoms with Crippen molar-refractivity contribution in [3.63, 3.8) is 0 Å². The Morgan fingerprint density at radius 1 is 0.758 bits per heavy atom. The van der Waals surface area contributed by atoms with E-state index >= 15 is 0 Å². The van der Waals surface area contributed by atoms with Crippen LogP contribution in [0.5, 0.6) is 5.75 Å². The van der Waals surface area contributed by atoms with E-state index in [2.05, 4.69) is 71.0 Å². The van der Waals surface area contributed by atoms with Gasteiger partial charge in [-0.05, 0) is 29.8 Å². The standard InChI is InChI=1S/C14H11NO3.C14H15N/c16-13-4-2-1-3-11(13)9-15-12-7-5-10(6-8-12)14(17)18;1-3-7-13(8-4-1)11-15-12-14-9-5-2-6-10-14/h1-9,16H,(H,17,18);1-10,15H,11-12H2. The summed E-state index contributed by atoms with van der Waals surface area (Å²) in [7, 11) is 0. The lowest BCUT2D eigenvalue weighted by atomic mass is 10.2. The number of nitrogens with zero attached hydrogens (tertiary/aromatic N) is 1. The van der Waals surface area contributed by atoms with Crippen molar-refractivity contribution in [2.24, 2.45) is 4.99 Å². The SMILES string of the molecule is O=C(O)c1ccc(N=Cc2ccccc2[O-])cc1.c1ccc(C[NH2+]Cc2ccccc2)cc1. The highest BCUT2D eigenvalue weighted by atomic mass is 16.4. The van der Waals surface area contributed by atoms with Crippen LogP contribution in [0.25, 0.3) is 0 Å². The van der Waals surface area contributed by atoms with Crippen LogP contribution in [-0.2, 0) is 13.1 Å². The summed E-state index contributed by atoms with van der Waals surface area (Å²) in [6, 6.07) is 33.8. The van der Waals surface area contributed by atoms with Crippen molar-refractivity contribution in [1.29, 1.82) is 0 Å². The Morgan fingerprint density at radius 3 is 1.79 bits per heavy atom. The lowest BCUT2D eigenvalue weighted by Crippen LogP contribution is -2.80. The molecule has 0 amide bonds. The monoisotopic (exact) mass is 438 g/mol. The van der Waals surface area contributed by atoms with E-state index in [-0.39, 0.29) is 11.3 Å². The predicted octanol–water partition coefficient (Wildman–Crippen LogP) is 4.16. The molecule has 5 heteroatoms. The van der Waals surface area contributed by atoms with Gasteiger partial charge in [-0.1, -0.05) is 84.9 Å². The fourth-order valence-electron chi connectivity index (χ4n) is 3.06. The molecule has 0 radical (unpaired) electrons. The Bertz CT molecular complexity index is 1120. The van der Waals surface area contributed by atoms with E-state index in [1.165, 1.54) is 35.5 Å². The molecule has 0 aliphatic carbocycles. The fourth-order valence-corrected chi connectivity index (χ4v) is 3.06. The molecule has 0 bridgehead atoms. The van der Waals surface area contributed by atoms with E-state index < -0.39 is 5.97 Å². The lowest BCUT2D eigenvalue weighted by Gasteiger charge is -2.07. The quantitative estimate of drug-likeness (QED) is 0.425. The molecule has 166 valence electrons. The minimum absolute atomic E-state index is 0.0941. The topological polar surface area (TPSA) is 89.3 Å². The number of para-hydroxylation sites is 1. The molecule has 0 aliphatic heterocycles. The fraction of sp³-hybridized carbons (Fsp3) is 0.0714. The zero-order valence-electron chi connectivity index (χ0n) is 18.2. The number of hydrogen-bond donors (Lipinski definition) is 2. The second-order valence-corrected chi connectivity index (χ2v) is 7.32. The number of hydrogen-bond acceptors (Lipinski definition) is 3. The van der Waals surface area contributed by atoms with Gasteiger partial charge >= 0.3 is 5.97 Å². The van der Waals surface area contributed by atoms with Gasteiger partial charge in [-0.15, -0.1) is 5.75 Å². The van der Waals surface area contributed by atoms with Gasteiger partial charge < -0.3 is 15.5 Å². The molecule has 0 saturated heterocycles. The molecule has 4 aromatic rings. The van der Waals surface area contributed by atoms with E-state index in [0.717, 1.165) is 13.1 Å². The zero-order valence-corrected chi connectivity index (χ0v) is 18.2. The van der Waals surface area contributed by atoms with E-state index in [1.807, 2.05) is 0 Å². The number of aromatic carboxylic acids is 1. The second-order valence-electron chi connectivity index (χ2n) is 7.32. The highest BCUT2D eigenvalue weighted by molar-refractivity contribution is 5.88. The summed E-state index contributed by atoms with van der Waals surface area (Å²) in [6.45, 7) is 2.10. The molecular weight excluding hydrogens is 412 g/mol. The first-order valence-electron chi connectivity index (χ1n) is 10.6. The first kappa shape index (κ1) is 23.4. The van der Waals surface area contributed by atoms with Gasteiger partial charge in [-0.2, -0.15) is 0 Å². The van der Waals surface area contributed by atoms with Crippen molar-refractivity contribution >= 4 is 17.9 Å². The number of aliphatic imine (C=N–C) groups is 1. The number of carboxylic acids is 1. The average molecular weight is 439 g/mol. The van der Waals surface area contributed by atoms with Gasteiger partial charge in [0.15, 0.2) is 0 Å². The van der Waals surface area contributed by atoms with Crippen molar-refractivity contribution in [3.05, 3.63) is 131 Å². The van der Waals surface area contributed by atoms with Gasteiger partial charge in [0.2, 0.25) is 0 Å². The van der Waals surface area contributed by atoms with Crippen molar-refractivity contribution in [2.75, 3.05) is 0 Å². The largest absolute Gasteiger partial charge is 0.872 e. The molecule has 0 spiro atoms. The molecule has 0 aliphatic rings. The van der Waals surface area contributed by atoms with Crippen LogP contribution in [0.1, 0.15) is 27.0 Å². The van der Waals surface area contributed by atoms with Crippen molar-refractivity contribution < 1.29 is 20.3 Å². The van der Waals surface area contributed by atoms with Crippen LogP contribution in [0.3, 0.4) is 0 Å². The summed E-state index contributed by atoms with van der Waals surface area (Å²) in [6.07, 6.45) is 1.47. The van der Waals surface area contributed by atoms with Gasteiger partial charge in [0.1, 0.15) is 13.1 Å². The lowest BCUT2D eigenvalue weighted by molar-refractivity contribution is -0.686. The molecular formula is C28H26N2O3. The van der Waals surface area contributed by atoms with E-state index in [1.54, 1.807) is 30.3 Å². The van der Waals surface area contributed by atoms with Crippen LogP contribution in [0.4, 0.5) is 5.69 Å². The van der Waals surface area contributed by atoms with Crippen LogP contribution in [-0.4, -0.2) is 17.3 Å². The molecule has 5 nitrogen and oxygen atoms in total. The number of rotatable bonds is 7. The van der Waals surface area contributed by atoms with Gasteiger partial charge in [0, 0.05) is 17.3 Å². The van der Waals surface area contributed by atoms with Gasteiger partial charge in [-0.3, -0.25) is 4.99 Å². The Morgan fingerprint density at radius 2 is 1.27 bits per heavy atom. The van der Waals surface area contributed by atoms with E-state index in [9.17, 15) is 9.90 Å². The van der Waals surface area contributed by atoms with Crippen molar-refractivity contribution in [2.45, 2.75) is 13.1 Å². The Labute approximate surface area is 193 Å². The maximum atomic E-state index is 11.4. The highest BCUT2D eigenvalue weighted by Gasteiger charge is 2.00. The molecule has 0 saturated carbocycles. The van der Waals surface area contributed by atoms with Crippen LogP contribution >= 0.6 is 0 Å². The molecule has 4 aromatic carbocycles. The highest BCUT2D eigenvalue weighted by Crippen LogP contribution is 2.15. The van der Waals surface area contributed by atoms with Crippen molar-refractivity contribution in [3.8, 4) is 5.75 Å². The number of nitrogens with two attached hydrogens (primary N) is 1. The molecule has 4 rings (SSSR count). The number of quaternary nitrogens is 1. The molecule has 0 fully saturated rings. The van der Waals surface area contributed by atoms with Gasteiger partial charge in [0.25, 0.3) is 0 Å². The normalized spacial score (nSPS) is 10.4. The first-order valence-corrected chi connectivity index (χ1v) is 10.6. The molecule has 0 atom stereocenters. The maximum absolute atomic E-state index is 11.4. The average Bonchev–Trinajstić information content (AvgIpc) is 2.85. The minimum atomic E-state index is -0.976. The third-order valence-corrected chi connectivity index (χ3v) is 4.83. The van der Waals surface area contributed by atoms with E-state index in [4.69, 9.17) is 5.11 Å². The summed E-state index contributed by atoms with van der Waals surface area (Å²) in [5, 5.41) is 22.5. The number of carboxylic acid groups (broad SMARTS) is 1. The van der Waals surface area contributed by atoms with Crippen LogP contribution in [0.15, 0.2) is 114 Å². The minimum Gasteiger partial charge on any atom is -0.872 e. The summed E-state index contributed by atoms with van der Waals surface area (Å²) in [4.78, 5) is 14.8. The Hall–Kier alpha value is -4.22. The number of carbonyl (C=O) groups is 1. The molecule has 0 heterocycles. The summed E-state index contributed by atoms with van der Waals surface area (Å²) in [5.74, 6) is -1.07. The van der Waals surface area contributed by atoms with Crippen LogP contribution in [0.2, 0.25) is 0 Å². The summed E-state index contributed by atoms with van der Waals surface area (Å²) in [5.41, 5.74) is 4.07. The van der Waals surface area contributed by atoms with Crippen molar-refractivity contribution in [1.82, 2.24) is 0 Å². The maximum Gasteiger partial charge on any atom is 0.335 e. The molecule has 33 heavy (non-hydrogen) atoms. The first-order chi connectivity index (χ1) is 16.1. The Kier molecular flexibility index (Phi) is 8.94. The van der Waals surface area contributed by atoms with Gasteiger partial charge in [0.05, 0.1) is 11.3 Å². The third kappa shape index (κ3) is 8.09. The van der Waals surface area contributed by atoms with Crippen LogP contribution < -0.4 is 10.4 Å². The van der Waals surface area contributed by atoms with Gasteiger partial charge in [-0.25, -0.2) is 4.79 Å². The van der Waals surface area contributed by atoms with Crippen LogP contribution in [0, 0.1) is 0 Å². The molecule has 0 aromatic heterocycles. The van der Waals surface area contributed by atoms with E-state index in [0.29, 0.717) is 11.3 Å². The Balaban J connectivity index is 0.000000189. The summed E-state index contributed by atoms with van der Waals surface area (Å²) >= 11 is 0. The zero-order chi connectivity index (χ0) is 23.3. The smallest absolute Gasteiger partial charge is 0.335 e. The molecule has 0 unspecified atom stereocenters. The predicted molar refractivity (Wildman–Crippen MR) is 129 cm³/mol. The molecule has 3 N–H and O–H groups in total. The summed E-state index contributed by atoms with van der Waals surface area (Å²) < 4.78 is 0. The second kappa shape index (κ2) is 12.6. The number of benzene rings is 4.